The van der Waals surface area contributed by atoms with Crippen LogP contribution in [0.2, 0.25) is 0 Å². The molecule has 1 heterocycles. The van der Waals surface area contributed by atoms with Crippen molar-refractivity contribution in [3.05, 3.63) is 56.9 Å². The maximum absolute atomic E-state index is 11.7. The van der Waals surface area contributed by atoms with Crippen LogP contribution in [0.1, 0.15) is 12.5 Å². The van der Waals surface area contributed by atoms with Gasteiger partial charge in [0.25, 0.3) is 5.56 Å². The van der Waals surface area contributed by atoms with E-state index < -0.39 is 17.3 Å². The van der Waals surface area contributed by atoms with E-state index in [-0.39, 0.29) is 5.69 Å². The number of hydrogen-bond acceptors (Lipinski definition) is 3. The Morgan fingerprint density at radius 1 is 1.15 bits per heavy atom. The lowest BCUT2D eigenvalue weighted by Gasteiger charge is -2.07. The van der Waals surface area contributed by atoms with Gasteiger partial charge >= 0.3 is 11.7 Å². The lowest BCUT2D eigenvalue weighted by atomic mass is 10.1. The largest absolute Gasteiger partial charge is 0.325 e. The van der Waals surface area contributed by atoms with Gasteiger partial charge in [-0.15, -0.1) is 0 Å². The van der Waals surface area contributed by atoms with Gasteiger partial charge in [0, 0.05) is 11.9 Å². The maximum atomic E-state index is 11.7. The third-order valence-electron chi connectivity index (χ3n) is 2.69. The normalized spacial score (nSPS) is 10.1. The van der Waals surface area contributed by atoms with Crippen molar-refractivity contribution in [1.82, 2.24) is 9.97 Å². The van der Waals surface area contributed by atoms with E-state index in [4.69, 9.17) is 0 Å². The van der Waals surface area contributed by atoms with Crippen molar-refractivity contribution >= 4 is 17.4 Å². The smallest absolute Gasteiger partial charge is 0.312 e. The first-order valence-corrected chi connectivity index (χ1v) is 6.07. The van der Waals surface area contributed by atoms with Crippen LogP contribution in [0.3, 0.4) is 0 Å². The minimum absolute atomic E-state index is 0.0349. The second-order valence-corrected chi connectivity index (χ2v) is 4.12. The molecule has 2 amide bonds. The first kappa shape index (κ1) is 13.6. The predicted molar refractivity (Wildman–Crippen MR) is 76.1 cm³/mol. The van der Waals surface area contributed by atoms with Crippen LogP contribution in [-0.4, -0.2) is 16.0 Å². The molecular weight excluding hydrogens is 260 g/mol. The van der Waals surface area contributed by atoms with E-state index in [0.29, 0.717) is 5.69 Å². The van der Waals surface area contributed by atoms with Crippen LogP contribution in [0.5, 0.6) is 0 Å². The van der Waals surface area contributed by atoms with Crippen LogP contribution < -0.4 is 21.9 Å². The minimum Gasteiger partial charge on any atom is -0.312 e. The fourth-order valence-electron chi connectivity index (χ4n) is 1.61. The molecule has 1 aromatic carbocycles. The van der Waals surface area contributed by atoms with Gasteiger partial charge in [-0.25, -0.2) is 9.59 Å². The van der Waals surface area contributed by atoms with Crippen molar-refractivity contribution in [2.24, 2.45) is 0 Å². The molecule has 104 valence electrons. The standard InChI is InChI=1S/C13H14N4O3/c1-2-8-3-5-9(6-4-8)15-13(20)16-10-7-14-12(19)17-11(10)18/h3-7H,2H2,1H3,(H2,15,16,20)(H2,14,17,18,19). The van der Waals surface area contributed by atoms with Gasteiger partial charge in [-0.3, -0.25) is 9.78 Å². The molecule has 1 aromatic heterocycles. The molecule has 0 bridgehead atoms. The van der Waals surface area contributed by atoms with E-state index in [9.17, 15) is 14.4 Å². The number of rotatable bonds is 3. The number of aromatic amines is 2. The summed E-state index contributed by atoms with van der Waals surface area (Å²) >= 11 is 0. The van der Waals surface area contributed by atoms with Crippen molar-refractivity contribution in [2.75, 3.05) is 10.6 Å². The Hall–Kier alpha value is -2.83. The molecule has 0 fully saturated rings. The third kappa shape index (κ3) is 3.35. The summed E-state index contributed by atoms with van der Waals surface area (Å²) in [6.45, 7) is 2.04. The van der Waals surface area contributed by atoms with Crippen molar-refractivity contribution < 1.29 is 4.79 Å². The van der Waals surface area contributed by atoms with Gasteiger partial charge in [-0.05, 0) is 24.1 Å². The van der Waals surface area contributed by atoms with Gasteiger partial charge in [-0.1, -0.05) is 19.1 Å². The van der Waals surface area contributed by atoms with E-state index in [1.165, 1.54) is 0 Å². The topological polar surface area (TPSA) is 107 Å². The number of benzene rings is 1. The molecule has 0 spiro atoms. The molecule has 7 heteroatoms. The summed E-state index contributed by atoms with van der Waals surface area (Å²) in [5.41, 5.74) is 0.446. The summed E-state index contributed by atoms with van der Waals surface area (Å²) in [6.07, 6.45) is 2.06. The Balaban J connectivity index is 2.04. The van der Waals surface area contributed by atoms with E-state index in [1.807, 2.05) is 24.0 Å². The molecule has 4 N–H and O–H groups in total. The summed E-state index contributed by atoms with van der Waals surface area (Å²) in [6, 6.07) is 6.79. The average molecular weight is 274 g/mol. The van der Waals surface area contributed by atoms with Gasteiger partial charge in [-0.2, -0.15) is 0 Å². The van der Waals surface area contributed by atoms with E-state index in [0.717, 1.165) is 18.2 Å². The van der Waals surface area contributed by atoms with Crippen LogP contribution in [0, 0.1) is 0 Å². The number of nitrogens with one attached hydrogen (secondary N) is 4. The highest BCUT2D eigenvalue weighted by atomic mass is 16.2. The van der Waals surface area contributed by atoms with Crippen molar-refractivity contribution in [3.63, 3.8) is 0 Å². The van der Waals surface area contributed by atoms with Crippen LogP contribution >= 0.6 is 0 Å². The van der Waals surface area contributed by atoms with Gasteiger partial charge in [0.2, 0.25) is 0 Å². The molecule has 0 aliphatic carbocycles. The number of aromatic nitrogens is 2. The lowest BCUT2D eigenvalue weighted by molar-refractivity contribution is 0.262. The summed E-state index contributed by atoms with van der Waals surface area (Å²) in [4.78, 5) is 38.2. The van der Waals surface area contributed by atoms with Crippen molar-refractivity contribution in [1.29, 1.82) is 0 Å². The van der Waals surface area contributed by atoms with Gasteiger partial charge in [0.15, 0.2) is 0 Å². The molecule has 0 aliphatic rings. The highest BCUT2D eigenvalue weighted by molar-refractivity contribution is 5.99. The minimum atomic E-state index is -0.662. The molecule has 7 nitrogen and oxygen atoms in total. The highest BCUT2D eigenvalue weighted by Crippen LogP contribution is 2.10. The monoisotopic (exact) mass is 274 g/mol. The summed E-state index contributed by atoms with van der Waals surface area (Å²) in [7, 11) is 0. The van der Waals surface area contributed by atoms with Crippen LogP contribution in [0.15, 0.2) is 40.1 Å². The molecule has 2 aromatic rings. The Labute approximate surface area is 114 Å². The molecule has 0 saturated carbocycles. The zero-order valence-electron chi connectivity index (χ0n) is 10.8. The van der Waals surface area contributed by atoms with E-state index in [1.54, 1.807) is 12.1 Å². The number of carbonyl (C=O) groups is 1. The average Bonchev–Trinajstić information content (AvgIpc) is 2.43. The zero-order valence-corrected chi connectivity index (χ0v) is 10.8. The molecular formula is C13H14N4O3. The summed E-state index contributed by atoms with van der Waals surface area (Å²) in [5.74, 6) is 0. The Bertz CT molecular complexity index is 715. The molecule has 20 heavy (non-hydrogen) atoms. The SMILES string of the molecule is CCc1ccc(NC(=O)Nc2c[nH]c(=O)[nH]c2=O)cc1. The molecule has 0 aliphatic heterocycles. The molecule has 0 unspecified atom stereocenters. The molecule has 0 radical (unpaired) electrons. The van der Waals surface area contributed by atoms with E-state index in [2.05, 4.69) is 15.6 Å². The predicted octanol–water partition coefficient (Wildman–Crippen LogP) is 1.27. The quantitative estimate of drug-likeness (QED) is 0.677. The number of H-pyrrole nitrogens is 2. The molecule has 0 saturated heterocycles. The van der Waals surface area contributed by atoms with Gasteiger partial charge in [0.1, 0.15) is 5.69 Å². The van der Waals surface area contributed by atoms with Gasteiger partial charge in [0.05, 0.1) is 0 Å². The Morgan fingerprint density at radius 2 is 1.85 bits per heavy atom. The lowest BCUT2D eigenvalue weighted by Crippen LogP contribution is -2.28. The second-order valence-electron chi connectivity index (χ2n) is 4.12. The van der Waals surface area contributed by atoms with Crippen molar-refractivity contribution in [2.45, 2.75) is 13.3 Å². The number of anilines is 2. The Morgan fingerprint density at radius 3 is 2.45 bits per heavy atom. The third-order valence-corrected chi connectivity index (χ3v) is 2.69. The summed E-state index contributed by atoms with van der Waals surface area (Å²) < 4.78 is 0. The van der Waals surface area contributed by atoms with Crippen LogP contribution in [0.4, 0.5) is 16.2 Å². The van der Waals surface area contributed by atoms with Crippen molar-refractivity contribution in [3.8, 4) is 0 Å². The molecule has 2 rings (SSSR count). The number of amides is 2. The number of carbonyl (C=O) groups excluding carboxylic acids is 1. The highest BCUT2D eigenvalue weighted by Gasteiger charge is 2.06. The van der Waals surface area contributed by atoms with Crippen LogP contribution in [0.25, 0.3) is 0 Å². The zero-order chi connectivity index (χ0) is 14.5. The first-order chi connectivity index (χ1) is 9.58. The Kier molecular flexibility index (Phi) is 3.99. The number of aryl methyl sites for hydroxylation is 1. The summed E-state index contributed by atoms with van der Waals surface area (Å²) in [5, 5.41) is 4.94. The fourth-order valence-corrected chi connectivity index (χ4v) is 1.61. The maximum Gasteiger partial charge on any atom is 0.325 e. The van der Waals surface area contributed by atoms with E-state index >= 15 is 0 Å². The number of urea groups is 1. The fraction of sp³-hybridized carbons (Fsp3) is 0.154. The van der Waals surface area contributed by atoms with Gasteiger partial charge < -0.3 is 15.6 Å². The second kappa shape index (κ2) is 5.87. The molecule has 0 atom stereocenters. The number of hydrogen-bond donors (Lipinski definition) is 4. The van der Waals surface area contributed by atoms with Crippen LogP contribution in [-0.2, 0) is 6.42 Å². The first-order valence-electron chi connectivity index (χ1n) is 6.07.